The second kappa shape index (κ2) is 8.48. The van der Waals surface area contributed by atoms with Crippen molar-refractivity contribution in [1.29, 1.82) is 0 Å². The lowest BCUT2D eigenvalue weighted by Gasteiger charge is -2.13. The molecule has 3 N–H and O–H groups in total. The Labute approximate surface area is 177 Å². The third kappa shape index (κ3) is 4.83. The van der Waals surface area contributed by atoms with Crippen LogP contribution in [0, 0.1) is 0 Å². The van der Waals surface area contributed by atoms with Gasteiger partial charge < -0.3 is 19.8 Å². The first-order valence-corrected chi connectivity index (χ1v) is 10.4. The van der Waals surface area contributed by atoms with Crippen molar-refractivity contribution in [2.75, 3.05) is 22.5 Å². The number of fused-ring (bicyclic) bond motifs is 1. The number of rotatable bonds is 6. The van der Waals surface area contributed by atoms with Crippen molar-refractivity contribution in [2.45, 2.75) is 18.7 Å². The molecule has 0 atom stereocenters. The monoisotopic (exact) mass is 445 g/mol. The molecule has 0 aliphatic heterocycles. The zero-order valence-electron chi connectivity index (χ0n) is 16.8. The van der Waals surface area contributed by atoms with Gasteiger partial charge in [-0.05, 0) is 42.5 Å². The fourth-order valence-corrected chi connectivity index (χ4v) is 3.91. The fraction of sp³-hybridized carbons (Fsp3) is 0.150. The Hall–Kier alpha value is -3.86. The van der Waals surface area contributed by atoms with Gasteiger partial charge in [0.25, 0.3) is 10.0 Å². The summed E-state index contributed by atoms with van der Waals surface area (Å²) in [6, 6.07) is 9.78. The Kier molecular flexibility index (Phi) is 5.97. The predicted molar refractivity (Wildman–Crippen MR) is 115 cm³/mol. The number of nitrogens with one attached hydrogen (secondary N) is 3. The van der Waals surface area contributed by atoms with E-state index >= 15 is 0 Å². The summed E-state index contributed by atoms with van der Waals surface area (Å²) in [6.45, 7) is 2.57. The molecule has 0 aliphatic rings. The maximum Gasteiger partial charge on any atom is 0.360 e. The van der Waals surface area contributed by atoms with E-state index in [1.807, 2.05) is 0 Å². The molecule has 11 heteroatoms. The van der Waals surface area contributed by atoms with Crippen LogP contribution in [-0.4, -0.2) is 27.3 Å². The van der Waals surface area contributed by atoms with Crippen molar-refractivity contribution in [3.05, 3.63) is 52.9 Å². The van der Waals surface area contributed by atoms with Crippen LogP contribution in [0.25, 0.3) is 11.0 Å². The van der Waals surface area contributed by atoms with Crippen LogP contribution in [0.3, 0.4) is 0 Å². The van der Waals surface area contributed by atoms with Crippen LogP contribution in [0.5, 0.6) is 5.75 Å². The fourth-order valence-electron chi connectivity index (χ4n) is 2.83. The Balaban J connectivity index is 2.06. The van der Waals surface area contributed by atoms with E-state index in [-0.39, 0.29) is 38.9 Å². The van der Waals surface area contributed by atoms with Gasteiger partial charge in [0.1, 0.15) is 5.69 Å². The third-order valence-corrected chi connectivity index (χ3v) is 5.50. The second-order valence-corrected chi connectivity index (χ2v) is 8.18. The molecule has 2 amide bonds. The lowest BCUT2D eigenvalue weighted by Crippen LogP contribution is -2.16. The van der Waals surface area contributed by atoms with Gasteiger partial charge in [0, 0.05) is 24.9 Å². The van der Waals surface area contributed by atoms with Gasteiger partial charge in [-0.2, -0.15) is 0 Å². The van der Waals surface area contributed by atoms with Gasteiger partial charge in [0.05, 0.1) is 17.7 Å². The highest BCUT2D eigenvalue weighted by molar-refractivity contribution is 7.92. The van der Waals surface area contributed by atoms with Crippen LogP contribution >= 0.6 is 0 Å². The van der Waals surface area contributed by atoms with E-state index in [1.54, 1.807) is 0 Å². The van der Waals surface area contributed by atoms with Crippen molar-refractivity contribution < 1.29 is 27.2 Å². The van der Waals surface area contributed by atoms with Crippen LogP contribution in [0.15, 0.2) is 56.6 Å². The van der Waals surface area contributed by atoms with Crippen LogP contribution in [0.2, 0.25) is 0 Å². The number of ether oxygens (including phenoxy) is 1. The average Bonchev–Trinajstić information content (AvgIpc) is 2.68. The largest absolute Gasteiger partial charge is 0.493 e. The molecule has 0 aliphatic carbocycles. The molecule has 10 nitrogen and oxygen atoms in total. The van der Waals surface area contributed by atoms with Crippen molar-refractivity contribution in [2.24, 2.45) is 0 Å². The molecule has 0 unspecified atom stereocenters. The maximum absolute atomic E-state index is 12.9. The first kappa shape index (κ1) is 21.8. The summed E-state index contributed by atoms with van der Waals surface area (Å²) in [5.41, 5.74) is -0.383. The van der Waals surface area contributed by atoms with Gasteiger partial charge >= 0.3 is 5.63 Å². The summed E-state index contributed by atoms with van der Waals surface area (Å²) in [5.74, 6) is -0.560. The standard InChI is InChI=1S/C20H19N3O7S/c1-11(24)21-13-4-6-14(7-5-13)31(27,28)23-16-8-9-18(29-3)19-15(16)10-17(20(26)30-19)22-12(2)25/h4-10,23H,1-3H3,(H,21,24)(H,22,25). The number of methoxy groups -OCH3 is 1. The molecule has 1 heterocycles. The molecule has 3 rings (SSSR count). The quantitative estimate of drug-likeness (QED) is 0.495. The predicted octanol–water partition coefficient (Wildman–Crippen LogP) is 2.52. The number of hydrogen-bond donors (Lipinski definition) is 3. The van der Waals surface area contributed by atoms with Gasteiger partial charge in [-0.15, -0.1) is 0 Å². The van der Waals surface area contributed by atoms with Gasteiger partial charge in [-0.3, -0.25) is 14.3 Å². The Bertz CT molecular complexity index is 1330. The molecule has 1 aromatic heterocycles. The molecule has 0 spiro atoms. The number of amides is 2. The van der Waals surface area contributed by atoms with Crippen molar-refractivity contribution in [3.8, 4) is 5.75 Å². The van der Waals surface area contributed by atoms with Crippen LogP contribution in [-0.2, 0) is 19.6 Å². The highest BCUT2D eigenvalue weighted by Crippen LogP contribution is 2.33. The number of carbonyl (C=O) groups is 2. The van der Waals surface area contributed by atoms with Crippen molar-refractivity contribution in [3.63, 3.8) is 0 Å². The molecular formula is C20H19N3O7S. The first-order chi connectivity index (χ1) is 14.6. The van der Waals surface area contributed by atoms with E-state index in [2.05, 4.69) is 15.4 Å². The summed E-state index contributed by atoms with van der Waals surface area (Å²) in [4.78, 5) is 34.6. The highest BCUT2D eigenvalue weighted by atomic mass is 32.2. The van der Waals surface area contributed by atoms with Crippen LogP contribution in [0.1, 0.15) is 13.8 Å². The van der Waals surface area contributed by atoms with E-state index in [4.69, 9.17) is 9.15 Å². The summed E-state index contributed by atoms with van der Waals surface area (Å²) in [7, 11) is -2.65. The van der Waals surface area contributed by atoms with Crippen LogP contribution < -0.4 is 25.7 Å². The Morgan fingerprint density at radius 3 is 2.16 bits per heavy atom. The maximum atomic E-state index is 12.9. The van der Waals surface area contributed by atoms with E-state index in [9.17, 15) is 22.8 Å². The summed E-state index contributed by atoms with van der Waals surface area (Å²) in [6.07, 6.45) is 0. The molecule has 31 heavy (non-hydrogen) atoms. The minimum atomic E-state index is -4.03. The third-order valence-electron chi connectivity index (χ3n) is 4.12. The van der Waals surface area contributed by atoms with E-state index in [0.717, 1.165) is 0 Å². The molecule has 0 fully saturated rings. The van der Waals surface area contributed by atoms with Crippen molar-refractivity contribution >= 4 is 49.9 Å². The molecule has 0 saturated heterocycles. The minimum absolute atomic E-state index is 0.0165. The van der Waals surface area contributed by atoms with Gasteiger partial charge in [-0.25, -0.2) is 13.2 Å². The molecular weight excluding hydrogens is 426 g/mol. The smallest absolute Gasteiger partial charge is 0.360 e. The van der Waals surface area contributed by atoms with E-state index in [1.165, 1.54) is 63.4 Å². The number of anilines is 3. The zero-order chi connectivity index (χ0) is 22.8. The summed E-state index contributed by atoms with van der Waals surface area (Å²) < 4.78 is 38.6. The Morgan fingerprint density at radius 1 is 0.935 bits per heavy atom. The first-order valence-electron chi connectivity index (χ1n) is 8.93. The SMILES string of the molecule is COc1ccc(NS(=O)(=O)c2ccc(NC(C)=O)cc2)c2cc(NC(C)=O)c(=O)oc12. The molecule has 162 valence electrons. The lowest BCUT2D eigenvalue weighted by atomic mass is 10.2. The normalized spacial score (nSPS) is 11.1. The number of benzene rings is 2. The number of sulfonamides is 1. The van der Waals surface area contributed by atoms with E-state index < -0.39 is 21.6 Å². The van der Waals surface area contributed by atoms with E-state index in [0.29, 0.717) is 5.69 Å². The van der Waals surface area contributed by atoms with Gasteiger partial charge in [0.2, 0.25) is 11.8 Å². The second-order valence-electron chi connectivity index (χ2n) is 6.50. The van der Waals surface area contributed by atoms with Gasteiger partial charge in [-0.1, -0.05) is 0 Å². The van der Waals surface area contributed by atoms with Gasteiger partial charge in [0.15, 0.2) is 11.3 Å². The minimum Gasteiger partial charge on any atom is -0.493 e. The lowest BCUT2D eigenvalue weighted by molar-refractivity contribution is -0.115. The molecule has 0 bridgehead atoms. The average molecular weight is 445 g/mol. The highest BCUT2D eigenvalue weighted by Gasteiger charge is 2.19. The van der Waals surface area contributed by atoms with Crippen molar-refractivity contribution in [1.82, 2.24) is 0 Å². The topological polar surface area (TPSA) is 144 Å². The molecule has 0 radical (unpaired) electrons. The number of hydrogen-bond acceptors (Lipinski definition) is 7. The molecule has 3 aromatic rings. The zero-order valence-corrected chi connectivity index (χ0v) is 17.6. The number of carbonyl (C=O) groups excluding carboxylic acids is 2. The van der Waals surface area contributed by atoms with Crippen LogP contribution in [0.4, 0.5) is 17.1 Å². The summed E-state index contributed by atoms with van der Waals surface area (Å²) in [5, 5.41) is 5.11. The Morgan fingerprint density at radius 2 is 1.58 bits per heavy atom. The molecule has 0 saturated carbocycles. The summed E-state index contributed by atoms with van der Waals surface area (Å²) >= 11 is 0. The molecule has 2 aromatic carbocycles.